The first kappa shape index (κ1) is 17.0. The normalized spacial score (nSPS) is 13.2. The molecular weight excluding hydrogens is 297 g/mol. The van der Waals surface area contributed by atoms with Gasteiger partial charge in [0.1, 0.15) is 11.6 Å². The van der Waals surface area contributed by atoms with Crippen LogP contribution in [-0.2, 0) is 9.53 Å². The van der Waals surface area contributed by atoms with Crippen molar-refractivity contribution in [1.82, 2.24) is 5.32 Å². The van der Waals surface area contributed by atoms with Crippen LogP contribution in [0, 0.1) is 5.82 Å². The predicted octanol–water partition coefficient (Wildman–Crippen LogP) is 3.10. The molecule has 1 N–H and O–H groups in total. The Bertz CT molecular complexity index is 633. The van der Waals surface area contributed by atoms with Gasteiger partial charge in [-0.05, 0) is 36.8 Å². The van der Waals surface area contributed by atoms with E-state index in [-0.39, 0.29) is 18.3 Å². The fourth-order valence-corrected chi connectivity index (χ4v) is 2.14. The number of carbonyl (C=O) groups is 1. The molecule has 0 aliphatic carbocycles. The Labute approximate surface area is 135 Å². The predicted molar refractivity (Wildman–Crippen MR) is 85.7 cm³/mol. The van der Waals surface area contributed by atoms with Gasteiger partial charge in [-0.15, -0.1) is 0 Å². The molecule has 0 spiro atoms. The molecule has 0 fully saturated rings. The Morgan fingerprint density at radius 2 is 1.91 bits per heavy atom. The summed E-state index contributed by atoms with van der Waals surface area (Å²) in [5.74, 6) is 0.0348. The van der Waals surface area contributed by atoms with Crippen LogP contribution >= 0.6 is 0 Å². The summed E-state index contributed by atoms with van der Waals surface area (Å²) < 4.78 is 24.1. The monoisotopic (exact) mass is 317 g/mol. The molecule has 0 bridgehead atoms. The highest BCUT2D eigenvalue weighted by Crippen LogP contribution is 2.17. The van der Waals surface area contributed by atoms with Crippen molar-refractivity contribution in [3.8, 4) is 5.75 Å². The zero-order valence-corrected chi connectivity index (χ0v) is 13.2. The summed E-state index contributed by atoms with van der Waals surface area (Å²) in [4.78, 5) is 12.1. The van der Waals surface area contributed by atoms with Gasteiger partial charge in [0, 0.05) is 13.7 Å². The number of ether oxygens (including phenoxy) is 2. The van der Waals surface area contributed by atoms with Crippen molar-refractivity contribution >= 4 is 5.91 Å². The minimum absolute atomic E-state index is 0.237. The molecule has 2 aromatic carbocycles. The van der Waals surface area contributed by atoms with E-state index >= 15 is 0 Å². The van der Waals surface area contributed by atoms with E-state index < -0.39 is 12.2 Å². The highest BCUT2D eigenvalue weighted by atomic mass is 19.1. The van der Waals surface area contributed by atoms with Gasteiger partial charge in [0.2, 0.25) is 0 Å². The van der Waals surface area contributed by atoms with Gasteiger partial charge in [0.15, 0.2) is 6.10 Å². The quantitative estimate of drug-likeness (QED) is 0.853. The maximum atomic E-state index is 13.3. The summed E-state index contributed by atoms with van der Waals surface area (Å²) in [5, 5.41) is 2.76. The third kappa shape index (κ3) is 5.07. The van der Waals surface area contributed by atoms with Crippen molar-refractivity contribution in [3.63, 3.8) is 0 Å². The Hall–Kier alpha value is -2.40. The van der Waals surface area contributed by atoms with Crippen LogP contribution in [-0.4, -0.2) is 25.7 Å². The number of carbonyl (C=O) groups excluding carboxylic acids is 1. The second-order valence-electron chi connectivity index (χ2n) is 5.10. The van der Waals surface area contributed by atoms with Crippen LogP contribution in [0.3, 0.4) is 0 Å². The Balaban J connectivity index is 1.89. The van der Waals surface area contributed by atoms with Crippen molar-refractivity contribution < 1.29 is 18.7 Å². The molecule has 0 saturated carbocycles. The summed E-state index contributed by atoms with van der Waals surface area (Å²) in [6, 6.07) is 15.3. The van der Waals surface area contributed by atoms with E-state index in [9.17, 15) is 9.18 Å². The second-order valence-corrected chi connectivity index (χ2v) is 5.10. The molecule has 2 unspecified atom stereocenters. The van der Waals surface area contributed by atoms with Gasteiger partial charge in [0.05, 0.1) is 6.10 Å². The number of para-hydroxylation sites is 1. The SMILES string of the molecule is COC(CNC(=O)C(C)Oc1ccccc1)c1cccc(F)c1. The second kappa shape index (κ2) is 8.29. The van der Waals surface area contributed by atoms with Crippen LogP contribution in [0.4, 0.5) is 4.39 Å². The first-order valence-corrected chi connectivity index (χ1v) is 7.38. The van der Waals surface area contributed by atoms with Gasteiger partial charge in [-0.3, -0.25) is 4.79 Å². The lowest BCUT2D eigenvalue weighted by Crippen LogP contribution is -2.38. The van der Waals surface area contributed by atoms with Gasteiger partial charge in [-0.1, -0.05) is 30.3 Å². The molecule has 1 amide bonds. The standard InChI is InChI=1S/C18H20FNO3/c1-13(23-16-9-4-3-5-10-16)18(21)20-12-17(22-2)14-7-6-8-15(19)11-14/h3-11,13,17H,12H2,1-2H3,(H,20,21). The first-order valence-electron chi connectivity index (χ1n) is 7.38. The Kier molecular flexibility index (Phi) is 6.11. The molecule has 0 aliphatic heterocycles. The van der Waals surface area contributed by atoms with Gasteiger partial charge in [-0.2, -0.15) is 0 Å². The first-order chi connectivity index (χ1) is 11.1. The minimum Gasteiger partial charge on any atom is -0.481 e. The number of amides is 1. The Morgan fingerprint density at radius 1 is 1.17 bits per heavy atom. The summed E-state index contributed by atoms with van der Waals surface area (Å²) in [6.07, 6.45) is -1.05. The molecule has 2 atom stereocenters. The largest absolute Gasteiger partial charge is 0.481 e. The number of methoxy groups -OCH3 is 1. The lowest BCUT2D eigenvalue weighted by atomic mass is 10.1. The maximum Gasteiger partial charge on any atom is 0.260 e. The number of hydrogen-bond acceptors (Lipinski definition) is 3. The van der Waals surface area contributed by atoms with E-state index in [0.29, 0.717) is 11.3 Å². The zero-order chi connectivity index (χ0) is 16.7. The summed E-state index contributed by atoms with van der Waals surface area (Å²) >= 11 is 0. The fraction of sp³-hybridized carbons (Fsp3) is 0.278. The van der Waals surface area contributed by atoms with Crippen LogP contribution in [0.1, 0.15) is 18.6 Å². The summed E-state index contributed by atoms with van der Waals surface area (Å²) in [5.41, 5.74) is 0.671. The maximum absolute atomic E-state index is 13.3. The molecule has 4 nitrogen and oxygen atoms in total. The van der Waals surface area contributed by atoms with Crippen LogP contribution in [0.15, 0.2) is 54.6 Å². The number of benzene rings is 2. The smallest absolute Gasteiger partial charge is 0.260 e. The molecule has 0 radical (unpaired) electrons. The van der Waals surface area contributed by atoms with Gasteiger partial charge in [0.25, 0.3) is 5.91 Å². The molecule has 23 heavy (non-hydrogen) atoms. The van der Waals surface area contributed by atoms with Crippen LogP contribution in [0.5, 0.6) is 5.75 Å². The van der Waals surface area contributed by atoms with E-state index in [2.05, 4.69) is 5.32 Å². The molecule has 5 heteroatoms. The number of hydrogen-bond donors (Lipinski definition) is 1. The topological polar surface area (TPSA) is 47.6 Å². The van der Waals surface area contributed by atoms with Gasteiger partial charge < -0.3 is 14.8 Å². The fourth-order valence-electron chi connectivity index (χ4n) is 2.14. The van der Waals surface area contributed by atoms with E-state index in [1.807, 2.05) is 18.2 Å². The average Bonchev–Trinajstić information content (AvgIpc) is 2.56. The molecule has 0 heterocycles. The third-order valence-corrected chi connectivity index (χ3v) is 3.39. The zero-order valence-electron chi connectivity index (χ0n) is 13.2. The number of rotatable bonds is 7. The van der Waals surface area contributed by atoms with Gasteiger partial charge in [-0.25, -0.2) is 4.39 Å². The van der Waals surface area contributed by atoms with E-state index in [0.717, 1.165) is 0 Å². The molecule has 2 rings (SSSR count). The van der Waals surface area contributed by atoms with Crippen molar-refractivity contribution in [2.24, 2.45) is 0 Å². The van der Waals surface area contributed by atoms with Crippen molar-refractivity contribution in [2.75, 3.05) is 13.7 Å². The Morgan fingerprint density at radius 3 is 2.57 bits per heavy atom. The van der Waals surface area contributed by atoms with Crippen molar-refractivity contribution in [3.05, 3.63) is 66.0 Å². The molecule has 2 aromatic rings. The summed E-state index contributed by atoms with van der Waals surface area (Å²) in [6.45, 7) is 1.91. The van der Waals surface area contributed by atoms with E-state index in [1.165, 1.54) is 19.2 Å². The molecule has 122 valence electrons. The highest BCUT2D eigenvalue weighted by molar-refractivity contribution is 5.80. The molecule has 0 aromatic heterocycles. The molecule has 0 saturated heterocycles. The summed E-state index contributed by atoms with van der Waals surface area (Å²) in [7, 11) is 1.52. The van der Waals surface area contributed by atoms with Crippen LogP contribution in [0.25, 0.3) is 0 Å². The number of halogens is 1. The molecular formula is C18H20FNO3. The average molecular weight is 317 g/mol. The van der Waals surface area contributed by atoms with Crippen LogP contribution < -0.4 is 10.1 Å². The van der Waals surface area contributed by atoms with E-state index in [4.69, 9.17) is 9.47 Å². The van der Waals surface area contributed by atoms with Crippen molar-refractivity contribution in [1.29, 1.82) is 0 Å². The molecule has 0 aliphatic rings. The van der Waals surface area contributed by atoms with Crippen LogP contribution in [0.2, 0.25) is 0 Å². The minimum atomic E-state index is -0.637. The lowest BCUT2D eigenvalue weighted by molar-refractivity contribution is -0.127. The van der Waals surface area contributed by atoms with E-state index in [1.54, 1.807) is 31.2 Å². The van der Waals surface area contributed by atoms with Gasteiger partial charge >= 0.3 is 0 Å². The third-order valence-electron chi connectivity index (χ3n) is 3.39. The lowest BCUT2D eigenvalue weighted by Gasteiger charge is -2.19. The highest BCUT2D eigenvalue weighted by Gasteiger charge is 2.17. The number of nitrogens with one attached hydrogen (secondary N) is 1. The van der Waals surface area contributed by atoms with Crippen molar-refractivity contribution in [2.45, 2.75) is 19.1 Å².